The van der Waals surface area contributed by atoms with Gasteiger partial charge in [-0.3, -0.25) is 0 Å². The van der Waals surface area contributed by atoms with Crippen molar-refractivity contribution in [3.8, 4) is 0 Å². The molecule has 0 aliphatic heterocycles. The largest absolute Gasteiger partial charge is 0.415 e. The molecule has 0 saturated carbocycles. The normalized spacial score (nSPS) is 14.2. The molecule has 0 aromatic heterocycles. The second-order valence-corrected chi connectivity index (χ2v) is 3.75. The fourth-order valence-corrected chi connectivity index (χ4v) is 1.28. The first-order valence-corrected chi connectivity index (χ1v) is 4.78. The summed E-state index contributed by atoms with van der Waals surface area (Å²) in [5.74, 6) is 6.91. The molecule has 0 heterocycles. The molecule has 0 aliphatic rings. The second-order valence-electron chi connectivity index (χ2n) is 3.75. The first-order valence-electron chi connectivity index (χ1n) is 4.78. The molecule has 76 valence electrons. The van der Waals surface area contributed by atoms with Crippen LogP contribution in [0.4, 0.5) is 0 Å². The third kappa shape index (κ3) is 3.64. The van der Waals surface area contributed by atoms with E-state index < -0.39 is 0 Å². The molecule has 0 rings (SSSR count). The molecule has 0 atom stereocenters. The first-order chi connectivity index (χ1) is 6.04. The summed E-state index contributed by atoms with van der Waals surface area (Å²) in [7, 11) is 0. The van der Waals surface area contributed by atoms with Gasteiger partial charge in [0.1, 0.15) is 5.76 Å². The topological polar surface area (TPSA) is 35.2 Å². The van der Waals surface area contributed by atoms with Crippen molar-refractivity contribution in [2.75, 3.05) is 0 Å². The third-order valence-electron chi connectivity index (χ3n) is 1.90. The molecule has 0 spiro atoms. The van der Waals surface area contributed by atoms with Crippen LogP contribution < -0.4 is 5.90 Å². The zero-order valence-electron chi connectivity index (χ0n) is 9.29. The van der Waals surface area contributed by atoms with E-state index in [2.05, 4.69) is 33.8 Å². The van der Waals surface area contributed by atoms with E-state index in [0.717, 1.165) is 5.76 Å². The average molecular weight is 183 g/mol. The summed E-state index contributed by atoms with van der Waals surface area (Å²) >= 11 is 0. The number of rotatable bonds is 4. The van der Waals surface area contributed by atoms with E-state index in [1.54, 1.807) is 0 Å². The molecule has 0 saturated heterocycles. The van der Waals surface area contributed by atoms with Crippen LogP contribution in [0.1, 0.15) is 34.6 Å². The molecule has 2 nitrogen and oxygen atoms in total. The fourth-order valence-electron chi connectivity index (χ4n) is 1.28. The van der Waals surface area contributed by atoms with Crippen molar-refractivity contribution in [1.29, 1.82) is 0 Å². The van der Waals surface area contributed by atoms with Crippen molar-refractivity contribution < 1.29 is 4.84 Å². The van der Waals surface area contributed by atoms with Crippen LogP contribution in [0.3, 0.4) is 0 Å². The van der Waals surface area contributed by atoms with Crippen molar-refractivity contribution in [3.63, 3.8) is 0 Å². The molecule has 2 N–H and O–H groups in total. The lowest BCUT2D eigenvalue weighted by molar-refractivity contribution is 0.185. The third-order valence-corrected chi connectivity index (χ3v) is 1.90. The standard InChI is InChI=1S/C11H21NO/c1-6-7-10(8(2)3)11(13-12)9(4)5/h6-9H,12H2,1-5H3/b7-6-,11-10+. The Kier molecular flexibility index (Phi) is 5.47. The van der Waals surface area contributed by atoms with Crippen LogP contribution in [0.2, 0.25) is 0 Å². The van der Waals surface area contributed by atoms with E-state index in [1.165, 1.54) is 5.57 Å². The van der Waals surface area contributed by atoms with E-state index in [4.69, 9.17) is 10.7 Å². The minimum Gasteiger partial charge on any atom is -0.415 e. The summed E-state index contributed by atoms with van der Waals surface area (Å²) in [4.78, 5) is 4.92. The predicted octanol–water partition coefficient (Wildman–Crippen LogP) is 3.02. The van der Waals surface area contributed by atoms with E-state index in [-0.39, 0.29) is 0 Å². The highest BCUT2D eigenvalue weighted by Gasteiger charge is 2.12. The molecular formula is C11H21NO. The quantitative estimate of drug-likeness (QED) is 0.413. The molecule has 0 aliphatic carbocycles. The van der Waals surface area contributed by atoms with Gasteiger partial charge in [-0.15, -0.1) is 0 Å². The van der Waals surface area contributed by atoms with Gasteiger partial charge >= 0.3 is 0 Å². The van der Waals surface area contributed by atoms with Gasteiger partial charge in [0.2, 0.25) is 0 Å². The number of hydrogen-bond donors (Lipinski definition) is 1. The van der Waals surface area contributed by atoms with Crippen molar-refractivity contribution >= 4 is 0 Å². The molecule has 0 unspecified atom stereocenters. The molecular weight excluding hydrogens is 162 g/mol. The number of allylic oxidation sites excluding steroid dienone is 4. The highest BCUT2D eigenvalue weighted by atomic mass is 16.6. The van der Waals surface area contributed by atoms with Crippen LogP contribution in [-0.2, 0) is 4.84 Å². The van der Waals surface area contributed by atoms with Crippen LogP contribution in [0, 0.1) is 11.8 Å². The van der Waals surface area contributed by atoms with Crippen LogP contribution in [0.15, 0.2) is 23.5 Å². The van der Waals surface area contributed by atoms with Gasteiger partial charge in [-0.05, 0) is 18.4 Å². The first kappa shape index (κ1) is 12.2. The molecule has 0 radical (unpaired) electrons. The van der Waals surface area contributed by atoms with E-state index >= 15 is 0 Å². The van der Waals surface area contributed by atoms with Crippen molar-refractivity contribution in [2.24, 2.45) is 17.7 Å². The maximum Gasteiger partial charge on any atom is 0.129 e. The monoisotopic (exact) mass is 183 g/mol. The maximum absolute atomic E-state index is 5.25. The Morgan fingerprint density at radius 1 is 1.15 bits per heavy atom. The summed E-state index contributed by atoms with van der Waals surface area (Å²) in [6.07, 6.45) is 4.07. The lowest BCUT2D eigenvalue weighted by Crippen LogP contribution is -2.10. The summed E-state index contributed by atoms with van der Waals surface area (Å²) in [5, 5.41) is 0. The van der Waals surface area contributed by atoms with E-state index in [1.807, 2.05) is 13.0 Å². The number of nitrogens with two attached hydrogens (primary N) is 1. The zero-order chi connectivity index (χ0) is 10.4. The molecule has 0 bridgehead atoms. The SMILES string of the molecule is C/C=C\C(=C(/ON)C(C)C)C(C)C. The predicted molar refractivity (Wildman–Crippen MR) is 56.8 cm³/mol. The van der Waals surface area contributed by atoms with Gasteiger partial charge in [-0.25, -0.2) is 0 Å². The van der Waals surface area contributed by atoms with Crippen molar-refractivity contribution in [1.82, 2.24) is 0 Å². The number of hydrogen-bond acceptors (Lipinski definition) is 2. The Labute approximate surface area is 81.4 Å². The highest BCUT2D eigenvalue weighted by molar-refractivity contribution is 5.24. The Morgan fingerprint density at radius 3 is 1.92 bits per heavy atom. The Morgan fingerprint density at radius 2 is 1.69 bits per heavy atom. The van der Waals surface area contributed by atoms with Gasteiger partial charge in [-0.2, -0.15) is 5.90 Å². The van der Waals surface area contributed by atoms with E-state index in [9.17, 15) is 0 Å². The van der Waals surface area contributed by atoms with Gasteiger partial charge in [0.25, 0.3) is 0 Å². The smallest absolute Gasteiger partial charge is 0.129 e. The Bertz CT molecular complexity index is 202. The fraction of sp³-hybridized carbons (Fsp3) is 0.636. The highest BCUT2D eigenvalue weighted by Crippen LogP contribution is 2.22. The minimum atomic E-state index is 0.332. The van der Waals surface area contributed by atoms with Gasteiger partial charge < -0.3 is 4.84 Å². The van der Waals surface area contributed by atoms with E-state index in [0.29, 0.717) is 11.8 Å². The van der Waals surface area contributed by atoms with Crippen LogP contribution in [0.5, 0.6) is 0 Å². The molecule has 2 heteroatoms. The average Bonchev–Trinajstić information content (AvgIpc) is 2.03. The van der Waals surface area contributed by atoms with Gasteiger partial charge in [0.05, 0.1) is 0 Å². The summed E-state index contributed by atoms with van der Waals surface area (Å²) < 4.78 is 0. The van der Waals surface area contributed by atoms with Crippen molar-refractivity contribution in [2.45, 2.75) is 34.6 Å². The lowest BCUT2D eigenvalue weighted by Gasteiger charge is -2.16. The maximum atomic E-state index is 5.25. The Balaban J connectivity index is 5.00. The van der Waals surface area contributed by atoms with Gasteiger partial charge in [0.15, 0.2) is 0 Å². The lowest BCUT2D eigenvalue weighted by atomic mass is 9.97. The minimum absolute atomic E-state index is 0.332. The molecule has 0 amide bonds. The molecule has 13 heavy (non-hydrogen) atoms. The van der Waals surface area contributed by atoms with Crippen LogP contribution in [-0.4, -0.2) is 0 Å². The van der Waals surface area contributed by atoms with Crippen molar-refractivity contribution in [3.05, 3.63) is 23.5 Å². The Hall–Kier alpha value is -0.760. The summed E-state index contributed by atoms with van der Waals surface area (Å²) in [6, 6.07) is 0. The molecule has 0 aromatic rings. The summed E-state index contributed by atoms with van der Waals surface area (Å²) in [6.45, 7) is 10.4. The zero-order valence-corrected chi connectivity index (χ0v) is 9.29. The van der Waals surface area contributed by atoms with Gasteiger partial charge in [-0.1, -0.05) is 39.8 Å². The molecule has 0 fully saturated rings. The molecule has 0 aromatic carbocycles. The van der Waals surface area contributed by atoms with Crippen LogP contribution >= 0.6 is 0 Å². The van der Waals surface area contributed by atoms with Crippen LogP contribution in [0.25, 0.3) is 0 Å². The summed E-state index contributed by atoms with van der Waals surface area (Å²) in [5.41, 5.74) is 1.18. The van der Waals surface area contributed by atoms with Gasteiger partial charge in [0, 0.05) is 5.92 Å². The second kappa shape index (κ2) is 5.81.